The van der Waals surface area contributed by atoms with Crippen LogP contribution in [0.1, 0.15) is 15.9 Å². The van der Waals surface area contributed by atoms with Gasteiger partial charge in [0, 0.05) is 12.1 Å². The first-order valence-corrected chi connectivity index (χ1v) is 9.60. The standard InChI is InChI=1S/C23H19N3O7/c1-31-19-9-5-17(6-10-19)23(28)33-21-4-2-3-16(13-21)14-24-25-22(27)15-32-20-11-7-18(8-12-20)26(29)30/h2-14H,15H2,1H3,(H,25,27)/b24-14-. The second-order valence-electron chi connectivity index (χ2n) is 6.52. The van der Waals surface area contributed by atoms with Crippen molar-refractivity contribution in [3.8, 4) is 17.2 Å². The molecule has 0 spiro atoms. The first-order chi connectivity index (χ1) is 15.9. The molecule has 10 heteroatoms. The van der Waals surface area contributed by atoms with Crippen LogP contribution >= 0.6 is 0 Å². The Labute approximate surface area is 188 Å². The fraction of sp³-hybridized carbons (Fsp3) is 0.0870. The Morgan fingerprint density at radius 1 is 1.00 bits per heavy atom. The van der Waals surface area contributed by atoms with E-state index >= 15 is 0 Å². The van der Waals surface area contributed by atoms with Gasteiger partial charge in [-0.25, -0.2) is 10.2 Å². The number of nitrogens with zero attached hydrogens (tertiary/aromatic N) is 2. The van der Waals surface area contributed by atoms with E-state index in [-0.39, 0.29) is 12.3 Å². The molecular weight excluding hydrogens is 430 g/mol. The number of carbonyl (C=O) groups is 2. The number of esters is 1. The van der Waals surface area contributed by atoms with Crippen LogP contribution < -0.4 is 19.6 Å². The fourth-order valence-electron chi connectivity index (χ4n) is 2.58. The largest absolute Gasteiger partial charge is 0.497 e. The third-order valence-corrected chi connectivity index (χ3v) is 4.21. The van der Waals surface area contributed by atoms with Gasteiger partial charge in [0.1, 0.15) is 17.2 Å². The van der Waals surface area contributed by atoms with Crippen molar-refractivity contribution in [2.45, 2.75) is 0 Å². The molecule has 1 amide bonds. The molecule has 0 unspecified atom stereocenters. The topological polar surface area (TPSA) is 129 Å². The lowest BCUT2D eigenvalue weighted by atomic mass is 10.2. The van der Waals surface area contributed by atoms with E-state index < -0.39 is 16.8 Å². The molecule has 0 atom stereocenters. The predicted octanol–water partition coefficient (Wildman–Crippen LogP) is 3.35. The lowest BCUT2D eigenvalue weighted by Gasteiger charge is -2.06. The summed E-state index contributed by atoms with van der Waals surface area (Å²) in [5, 5.41) is 14.5. The van der Waals surface area contributed by atoms with Crippen LogP contribution in [0.15, 0.2) is 77.9 Å². The maximum Gasteiger partial charge on any atom is 0.343 e. The molecule has 0 radical (unpaired) electrons. The molecule has 33 heavy (non-hydrogen) atoms. The number of methoxy groups -OCH3 is 1. The monoisotopic (exact) mass is 449 g/mol. The van der Waals surface area contributed by atoms with Gasteiger partial charge in [0.05, 0.1) is 23.8 Å². The Kier molecular flexibility index (Phi) is 7.68. The van der Waals surface area contributed by atoms with Gasteiger partial charge in [-0.05, 0) is 54.1 Å². The number of hydrazone groups is 1. The number of carbonyl (C=O) groups excluding carboxylic acids is 2. The van der Waals surface area contributed by atoms with E-state index in [0.717, 1.165) is 0 Å². The first-order valence-electron chi connectivity index (χ1n) is 9.60. The summed E-state index contributed by atoms with van der Waals surface area (Å²) in [6.45, 7) is -0.325. The van der Waals surface area contributed by atoms with Crippen LogP contribution in [-0.4, -0.2) is 36.7 Å². The number of hydrogen-bond donors (Lipinski definition) is 1. The molecule has 3 rings (SSSR count). The molecule has 0 fully saturated rings. The number of nitro benzene ring substituents is 1. The SMILES string of the molecule is COc1ccc(C(=O)Oc2cccc(/C=N\NC(=O)COc3ccc([N+](=O)[O-])cc3)c2)cc1. The summed E-state index contributed by atoms with van der Waals surface area (Å²) < 4.78 is 15.7. The molecule has 0 bridgehead atoms. The summed E-state index contributed by atoms with van der Waals surface area (Å²) in [5.74, 6) is 0.207. The number of amides is 1. The normalized spacial score (nSPS) is 10.5. The lowest BCUT2D eigenvalue weighted by Crippen LogP contribution is -2.24. The van der Waals surface area contributed by atoms with E-state index in [4.69, 9.17) is 14.2 Å². The van der Waals surface area contributed by atoms with E-state index in [1.165, 1.54) is 37.6 Å². The van der Waals surface area contributed by atoms with Crippen LogP contribution in [0.25, 0.3) is 0 Å². The zero-order valence-electron chi connectivity index (χ0n) is 17.5. The molecule has 3 aromatic carbocycles. The molecule has 0 aromatic heterocycles. The first kappa shape index (κ1) is 22.9. The number of non-ortho nitro benzene ring substituents is 1. The number of rotatable bonds is 9. The van der Waals surface area contributed by atoms with Crippen molar-refractivity contribution >= 4 is 23.8 Å². The van der Waals surface area contributed by atoms with Gasteiger partial charge >= 0.3 is 5.97 Å². The Bertz CT molecular complexity index is 1160. The quantitative estimate of drug-likeness (QED) is 0.174. The molecule has 3 aromatic rings. The zero-order chi connectivity index (χ0) is 23.6. The average molecular weight is 449 g/mol. The van der Waals surface area contributed by atoms with E-state index in [1.807, 2.05) is 0 Å². The van der Waals surface area contributed by atoms with Crippen molar-refractivity contribution in [1.29, 1.82) is 0 Å². The summed E-state index contributed by atoms with van der Waals surface area (Å²) >= 11 is 0. The van der Waals surface area contributed by atoms with E-state index in [0.29, 0.717) is 28.4 Å². The minimum absolute atomic E-state index is 0.0756. The number of ether oxygens (including phenoxy) is 3. The van der Waals surface area contributed by atoms with Crippen molar-refractivity contribution in [3.05, 3.63) is 94.0 Å². The van der Waals surface area contributed by atoms with Crippen LogP contribution in [0.2, 0.25) is 0 Å². The maximum absolute atomic E-state index is 12.3. The molecule has 1 N–H and O–H groups in total. The predicted molar refractivity (Wildman–Crippen MR) is 119 cm³/mol. The number of nitro groups is 1. The Morgan fingerprint density at radius 3 is 2.36 bits per heavy atom. The van der Waals surface area contributed by atoms with Gasteiger partial charge in [0.2, 0.25) is 0 Å². The second-order valence-corrected chi connectivity index (χ2v) is 6.52. The third-order valence-electron chi connectivity index (χ3n) is 4.21. The molecule has 168 valence electrons. The highest BCUT2D eigenvalue weighted by molar-refractivity contribution is 5.91. The van der Waals surface area contributed by atoms with Crippen molar-refractivity contribution in [2.24, 2.45) is 5.10 Å². The summed E-state index contributed by atoms with van der Waals surface area (Å²) in [5.41, 5.74) is 3.19. The van der Waals surface area contributed by atoms with Gasteiger partial charge in [-0.15, -0.1) is 0 Å². The van der Waals surface area contributed by atoms with E-state index in [2.05, 4.69) is 10.5 Å². The van der Waals surface area contributed by atoms with Crippen molar-refractivity contribution in [3.63, 3.8) is 0 Å². The highest BCUT2D eigenvalue weighted by Crippen LogP contribution is 2.18. The van der Waals surface area contributed by atoms with Crippen molar-refractivity contribution < 1.29 is 28.7 Å². The summed E-state index contributed by atoms with van der Waals surface area (Å²) in [7, 11) is 1.54. The van der Waals surface area contributed by atoms with Crippen LogP contribution in [0, 0.1) is 10.1 Å². The molecule has 0 aliphatic rings. The molecule has 0 saturated carbocycles. The lowest BCUT2D eigenvalue weighted by molar-refractivity contribution is -0.384. The fourth-order valence-corrected chi connectivity index (χ4v) is 2.58. The molecule has 0 aliphatic carbocycles. The van der Waals surface area contributed by atoms with E-state index in [9.17, 15) is 19.7 Å². The Balaban J connectivity index is 1.49. The summed E-state index contributed by atoms with van der Waals surface area (Å²) in [4.78, 5) is 34.2. The van der Waals surface area contributed by atoms with Crippen LogP contribution in [0.4, 0.5) is 5.69 Å². The van der Waals surface area contributed by atoms with Crippen LogP contribution in [-0.2, 0) is 4.79 Å². The minimum Gasteiger partial charge on any atom is -0.497 e. The molecule has 0 aliphatic heterocycles. The number of nitrogens with one attached hydrogen (secondary N) is 1. The van der Waals surface area contributed by atoms with Gasteiger partial charge < -0.3 is 14.2 Å². The summed E-state index contributed by atoms with van der Waals surface area (Å²) in [6.07, 6.45) is 1.38. The van der Waals surface area contributed by atoms with Crippen molar-refractivity contribution in [1.82, 2.24) is 5.43 Å². The zero-order valence-corrected chi connectivity index (χ0v) is 17.5. The Hall–Kier alpha value is -4.73. The van der Waals surface area contributed by atoms with Gasteiger partial charge in [0.15, 0.2) is 6.61 Å². The van der Waals surface area contributed by atoms with E-state index in [1.54, 1.807) is 48.5 Å². The van der Waals surface area contributed by atoms with Gasteiger partial charge in [0.25, 0.3) is 11.6 Å². The highest BCUT2D eigenvalue weighted by atomic mass is 16.6. The highest BCUT2D eigenvalue weighted by Gasteiger charge is 2.09. The summed E-state index contributed by atoms with van der Waals surface area (Å²) in [6, 6.07) is 18.5. The van der Waals surface area contributed by atoms with Gasteiger partial charge in [-0.2, -0.15) is 5.10 Å². The third kappa shape index (κ3) is 6.89. The minimum atomic E-state index is -0.528. The average Bonchev–Trinajstić information content (AvgIpc) is 2.83. The smallest absolute Gasteiger partial charge is 0.343 e. The second kappa shape index (κ2) is 11.0. The molecule has 10 nitrogen and oxygen atoms in total. The van der Waals surface area contributed by atoms with Crippen molar-refractivity contribution in [2.75, 3.05) is 13.7 Å². The maximum atomic E-state index is 12.3. The number of hydrogen-bond acceptors (Lipinski definition) is 8. The van der Waals surface area contributed by atoms with Gasteiger partial charge in [-0.1, -0.05) is 12.1 Å². The van der Waals surface area contributed by atoms with Gasteiger partial charge in [-0.3, -0.25) is 14.9 Å². The van der Waals surface area contributed by atoms with Crippen LogP contribution in [0.3, 0.4) is 0 Å². The molecule has 0 saturated heterocycles. The number of benzene rings is 3. The Morgan fingerprint density at radius 2 is 1.70 bits per heavy atom. The molecular formula is C23H19N3O7. The van der Waals surface area contributed by atoms with Crippen LogP contribution in [0.5, 0.6) is 17.2 Å². The molecule has 0 heterocycles.